The standard InChI is InChI=1S/C20H21FN2O5/c1-13(18(24)22-16-5-2-4-15(21)12-16)28-20(26)14-7-9-23(10-8-14)19(25)17-6-3-11-27-17/h2-6,11-14H,7-10H2,1H3,(H,22,24). The van der Waals surface area contributed by atoms with Gasteiger partial charge in [-0.15, -0.1) is 0 Å². The summed E-state index contributed by atoms with van der Waals surface area (Å²) in [7, 11) is 0. The number of nitrogens with one attached hydrogen (secondary N) is 1. The van der Waals surface area contributed by atoms with E-state index in [1.54, 1.807) is 23.1 Å². The molecule has 1 aromatic heterocycles. The molecule has 0 saturated carbocycles. The number of likely N-dealkylation sites (tertiary alicyclic amines) is 1. The van der Waals surface area contributed by atoms with Gasteiger partial charge in [-0.1, -0.05) is 6.07 Å². The van der Waals surface area contributed by atoms with Crippen LogP contribution < -0.4 is 5.32 Å². The fourth-order valence-electron chi connectivity index (χ4n) is 3.01. The van der Waals surface area contributed by atoms with Gasteiger partial charge in [0, 0.05) is 18.8 Å². The topological polar surface area (TPSA) is 88.8 Å². The summed E-state index contributed by atoms with van der Waals surface area (Å²) < 4.78 is 23.5. The maximum absolute atomic E-state index is 13.2. The number of rotatable bonds is 5. The molecule has 28 heavy (non-hydrogen) atoms. The molecule has 1 unspecified atom stereocenters. The van der Waals surface area contributed by atoms with Crippen molar-refractivity contribution in [1.29, 1.82) is 0 Å². The maximum atomic E-state index is 13.2. The van der Waals surface area contributed by atoms with E-state index in [-0.39, 0.29) is 23.3 Å². The summed E-state index contributed by atoms with van der Waals surface area (Å²) in [5, 5.41) is 2.51. The first kappa shape index (κ1) is 19.6. The second-order valence-electron chi connectivity index (χ2n) is 6.62. The molecule has 0 bridgehead atoms. The van der Waals surface area contributed by atoms with E-state index in [1.807, 2.05) is 0 Å². The zero-order chi connectivity index (χ0) is 20.1. The van der Waals surface area contributed by atoms with Gasteiger partial charge in [0.2, 0.25) is 0 Å². The molecule has 1 N–H and O–H groups in total. The van der Waals surface area contributed by atoms with Crippen LogP contribution in [0.1, 0.15) is 30.3 Å². The first-order valence-electron chi connectivity index (χ1n) is 9.03. The quantitative estimate of drug-likeness (QED) is 0.796. The van der Waals surface area contributed by atoms with Crippen molar-refractivity contribution in [3.05, 3.63) is 54.2 Å². The number of nitrogens with zero attached hydrogens (tertiary/aromatic N) is 1. The molecule has 7 nitrogen and oxygen atoms in total. The molecule has 1 aliphatic rings. The van der Waals surface area contributed by atoms with Crippen LogP contribution in [-0.2, 0) is 14.3 Å². The third-order valence-electron chi connectivity index (χ3n) is 4.60. The van der Waals surface area contributed by atoms with Crippen LogP contribution in [0.3, 0.4) is 0 Å². The number of halogens is 1. The third-order valence-corrected chi connectivity index (χ3v) is 4.60. The molecule has 1 fully saturated rings. The minimum absolute atomic E-state index is 0.209. The highest BCUT2D eigenvalue weighted by Crippen LogP contribution is 2.21. The monoisotopic (exact) mass is 388 g/mol. The Hall–Kier alpha value is -3.16. The van der Waals surface area contributed by atoms with Gasteiger partial charge in [-0.25, -0.2) is 4.39 Å². The molecule has 1 saturated heterocycles. The minimum Gasteiger partial charge on any atom is -0.459 e. The number of hydrogen-bond donors (Lipinski definition) is 1. The lowest BCUT2D eigenvalue weighted by Crippen LogP contribution is -2.41. The molecular weight excluding hydrogens is 367 g/mol. The van der Waals surface area contributed by atoms with Crippen molar-refractivity contribution in [3.63, 3.8) is 0 Å². The lowest BCUT2D eigenvalue weighted by atomic mass is 9.97. The van der Waals surface area contributed by atoms with E-state index >= 15 is 0 Å². The fourth-order valence-corrected chi connectivity index (χ4v) is 3.01. The number of furan rings is 1. The third kappa shape index (κ3) is 4.76. The number of esters is 1. The van der Waals surface area contributed by atoms with Crippen molar-refractivity contribution in [1.82, 2.24) is 4.90 Å². The average Bonchev–Trinajstić information content (AvgIpc) is 3.22. The number of carbonyl (C=O) groups excluding carboxylic acids is 3. The normalized spacial score (nSPS) is 15.7. The summed E-state index contributed by atoms with van der Waals surface area (Å²) >= 11 is 0. The summed E-state index contributed by atoms with van der Waals surface area (Å²) in [4.78, 5) is 38.3. The van der Waals surface area contributed by atoms with Crippen LogP contribution >= 0.6 is 0 Å². The van der Waals surface area contributed by atoms with Crippen molar-refractivity contribution in [2.75, 3.05) is 18.4 Å². The summed E-state index contributed by atoms with van der Waals surface area (Å²) in [6.45, 7) is 2.27. The van der Waals surface area contributed by atoms with Crippen molar-refractivity contribution in [2.24, 2.45) is 5.92 Å². The van der Waals surface area contributed by atoms with Crippen LogP contribution in [-0.4, -0.2) is 41.9 Å². The van der Waals surface area contributed by atoms with E-state index in [9.17, 15) is 18.8 Å². The summed E-state index contributed by atoms with van der Waals surface area (Å²) in [5.41, 5.74) is 0.289. The SMILES string of the molecule is CC(OC(=O)C1CCN(C(=O)c2ccco2)CC1)C(=O)Nc1cccc(F)c1. The van der Waals surface area contributed by atoms with Gasteiger partial charge in [0.15, 0.2) is 11.9 Å². The van der Waals surface area contributed by atoms with Crippen molar-refractivity contribution < 1.29 is 27.9 Å². The summed E-state index contributed by atoms with van der Waals surface area (Å²) in [5.74, 6) is -1.82. The van der Waals surface area contributed by atoms with E-state index in [4.69, 9.17) is 9.15 Å². The van der Waals surface area contributed by atoms with Gasteiger partial charge in [0.1, 0.15) is 5.82 Å². The van der Waals surface area contributed by atoms with Gasteiger partial charge in [-0.05, 0) is 50.1 Å². The Balaban J connectivity index is 1.47. The molecule has 1 atom stereocenters. The zero-order valence-corrected chi connectivity index (χ0v) is 15.4. The predicted octanol–water partition coefficient (Wildman–Crippen LogP) is 2.84. The molecule has 0 radical (unpaired) electrons. The predicted molar refractivity (Wildman–Crippen MR) is 97.9 cm³/mol. The highest BCUT2D eigenvalue weighted by molar-refractivity contribution is 5.95. The first-order valence-corrected chi connectivity index (χ1v) is 9.03. The number of amides is 2. The molecule has 1 aliphatic heterocycles. The van der Waals surface area contributed by atoms with Crippen LogP contribution in [0, 0.1) is 11.7 Å². The first-order chi connectivity index (χ1) is 13.4. The Morgan fingerprint density at radius 2 is 1.96 bits per heavy atom. The molecule has 2 amide bonds. The van der Waals surface area contributed by atoms with Gasteiger partial charge in [-0.2, -0.15) is 0 Å². The number of ether oxygens (including phenoxy) is 1. The number of hydrogen-bond acceptors (Lipinski definition) is 5. The van der Waals surface area contributed by atoms with E-state index in [0.29, 0.717) is 25.9 Å². The van der Waals surface area contributed by atoms with Gasteiger partial charge in [0.25, 0.3) is 11.8 Å². The Kier molecular flexibility index (Phi) is 6.08. The van der Waals surface area contributed by atoms with Crippen LogP contribution in [0.25, 0.3) is 0 Å². The molecule has 3 rings (SSSR count). The summed E-state index contributed by atoms with van der Waals surface area (Å²) in [6.07, 6.45) is 1.32. The lowest BCUT2D eigenvalue weighted by molar-refractivity contribution is -0.158. The van der Waals surface area contributed by atoms with Crippen LogP contribution in [0.15, 0.2) is 47.1 Å². The number of carbonyl (C=O) groups is 3. The van der Waals surface area contributed by atoms with Gasteiger partial charge < -0.3 is 19.4 Å². The Morgan fingerprint density at radius 1 is 1.21 bits per heavy atom. The highest BCUT2D eigenvalue weighted by Gasteiger charge is 2.31. The van der Waals surface area contributed by atoms with E-state index in [1.165, 1.54) is 31.4 Å². The van der Waals surface area contributed by atoms with Crippen LogP contribution in [0.5, 0.6) is 0 Å². The number of benzene rings is 1. The highest BCUT2D eigenvalue weighted by atomic mass is 19.1. The molecule has 2 heterocycles. The summed E-state index contributed by atoms with van der Waals surface area (Å²) in [6, 6.07) is 8.70. The van der Waals surface area contributed by atoms with Crippen molar-refractivity contribution in [3.8, 4) is 0 Å². The second kappa shape index (κ2) is 8.69. The smallest absolute Gasteiger partial charge is 0.309 e. The van der Waals surface area contributed by atoms with Crippen molar-refractivity contribution in [2.45, 2.75) is 25.9 Å². The van der Waals surface area contributed by atoms with Gasteiger partial charge in [-0.3, -0.25) is 14.4 Å². The Labute approximate surface area is 161 Å². The average molecular weight is 388 g/mol. The zero-order valence-electron chi connectivity index (χ0n) is 15.4. The van der Waals surface area contributed by atoms with E-state index < -0.39 is 23.8 Å². The van der Waals surface area contributed by atoms with Gasteiger partial charge in [0.05, 0.1) is 12.2 Å². The molecule has 2 aromatic rings. The molecule has 0 aliphatic carbocycles. The van der Waals surface area contributed by atoms with Crippen LogP contribution in [0.2, 0.25) is 0 Å². The molecule has 0 spiro atoms. The molecule has 8 heteroatoms. The lowest BCUT2D eigenvalue weighted by Gasteiger charge is -2.30. The van der Waals surface area contributed by atoms with E-state index in [0.717, 1.165) is 0 Å². The number of anilines is 1. The second-order valence-corrected chi connectivity index (χ2v) is 6.62. The maximum Gasteiger partial charge on any atom is 0.309 e. The Bertz CT molecular complexity index is 844. The van der Waals surface area contributed by atoms with Crippen LogP contribution in [0.4, 0.5) is 10.1 Å². The molecule has 1 aromatic carbocycles. The van der Waals surface area contributed by atoms with Crippen molar-refractivity contribution >= 4 is 23.5 Å². The largest absolute Gasteiger partial charge is 0.459 e. The molecular formula is C20H21FN2O5. The van der Waals surface area contributed by atoms with Gasteiger partial charge >= 0.3 is 5.97 Å². The Morgan fingerprint density at radius 3 is 2.61 bits per heavy atom. The number of piperidine rings is 1. The fraction of sp³-hybridized carbons (Fsp3) is 0.350. The van der Waals surface area contributed by atoms with E-state index in [2.05, 4.69) is 5.32 Å². The minimum atomic E-state index is -1.02. The molecule has 148 valence electrons.